The molecule has 0 radical (unpaired) electrons. The second kappa shape index (κ2) is 12.1. The van der Waals surface area contributed by atoms with Crippen LogP contribution in [0.25, 0.3) is 5.57 Å². The van der Waals surface area contributed by atoms with E-state index in [0.29, 0.717) is 6.61 Å². The van der Waals surface area contributed by atoms with Crippen molar-refractivity contribution in [3.8, 4) is 5.75 Å². The molecule has 0 aromatic heterocycles. The zero-order valence-corrected chi connectivity index (χ0v) is 19.8. The van der Waals surface area contributed by atoms with E-state index in [1.165, 1.54) is 67.2 Å². The first-order valence-corrected chi connectivity index (χ1v) is 14.3. The molecule has 0 amide bonds. The Morgan fingerprint density at radius 3 is 2.39 bits per heavy atom. The average Bonchev–Trinajstić information content (AvgIpc) is 3.17. The average molecular weight is 397 g/mol. The van der Waals surface area contributed by atoms with Gasteiger partial charge in [0.05, 0.1) is 8.80 Å². The summed E-state index contributed by atoms with van der Waals surface area (Å²) in [4.78, 5) is 0. The Labute approximate surface area is 175 Å². The molecule has 1 aliphatic rings. The van der Waals surface area contributed by atoms with Crippen molar-refractivity contribution < 1.29 is 4.74 Å². The number of ether oxygens (including phenoxy) is 1. The smallest absolute Gasteiger partial charge is 0.130 e. The lowest BCUT2D eigenvalue weighted by Gasteiger charge is -2.20. The van der Waals surface area contributed by atoms with Gasteiger partial charge >= 0.3 is 0 Å². The fraction of sp³-hybridized carbons (Fsp3) is 0.538. The predicted molar refractivity (Wildman–Crippen MR) is 128 cm³/mol. The third-order valence-corrected chi connectivity index (χ3v) is 7.59. The summed E-state index contributed by atoms with van der Waals surface area (Å²) < 4.78 is 6.30. The van der Waals surface area contributed by atoms with Crippen LogP contribution in [-0.4, -0.2) is 15.4 Å². The highest BCUT2D eigenvalue weighted by atomic mass is 28.3. The zero-order valence-electron chi connectivity index (χ0n) is 18.7. The van der Waals surface area contributed by atoms with Gasteiger partial charge in [-0.2, -0.15) is 0 Å². The molecule has 28 heavy (non-hydrogen) atoms. The van der Waals surface area contributed by atoms with Crippen LogP contribution in [0.4, 0.5) is 0 Å². The Morgan fingerprint density at radius 1 is 1.04 bits per heavy atom. The number of hydrogen-bond acceptors (Lipinski definition) is 1. The highest BCUT2D eigenvalue weighted by Gasteiger charge is 2.21. The van der Waals surface area contributed by atoms with Gasteiger partial charge in [-0.25, -0.2) is 0 Å². The first kappa shape index (κ1) is 22.7. The van der Waals surface area contributed by atoms with Crippen LogP contribution in [0.15, 0.2) is 42.1 Å². The third kappa shape index (κ3) is 6.24. The lowest BCUT2D eigenvalue weighted by Crippen LogP contribution is -2.08. The SMILES string of the molecule is C=CCOc1c(CCCCC)cc(CCCCC)cc1C1=C([SiH](C)C)CC=C1. The van der Waals surface area contributed by atoms with Crippen molar-refractivity contribution in [2.75, 3.05) is 6.61 Å². The molecule has 0 unspecified atom stereocenters. The fourth-order valence-electron chi connectivity index (χ4n) is 4.07. The van der Waals surface area contributed by atoms with Crippen LogP contribution in [0.2, 0.25) is 13.1 Å². The van der Waals surface area contributed by atoms with E-state index >= 15 is 0 Å². The monoisotopic (exact) mass is 396 g/mol. The largest absolute Gasteiger partial charge is 0.489 e. The van der Waals surface area contributed by atoms with Crippen LogP contribution < -0.4 is 4.74 Å². The van der Waals surface area contributed by atoms with Gasteiger partial charge in [-0.15, -0.1) is 0 Å². The maximum absolute atomic E-state index is 6.30. The second-order valence-corrected chi connectivity index (χ2v) is 11.4. The Kier molecular flexibility index (Phi) is 9.84. The molecule has 0 saturated heterocycles. The van der Waals surface area contributed by atoms with Crippen LogP contribution in [-0.2, 0) is 12.8 Å². The van der Waals surface area contributed by atoms with E-state index in [0.717, 1.165) is 18.6 Å². The summed E-state index contributed by atoms with van der Waals surface area (Å²) in [6.07, 6.45) is 17.6. The van der Waals surface area contributed by atoms with E-state index < -0.39 is 8.80 Å². The van der Waals surface area contributed by atoms with E-state index in [4.69, 9.17) is 4.74 Å². The van der Waals surface area contributed by atoms with Gasteiger partial charge < -0.3 is 4.74 Å². The minimum Gasteiger partial charge on any atom is -0.489 e. The molecular weight excluding hydrogens is 356 g/mol. The molecule has 1 nitrogen and oxygen atoms in total. The summed E-state index contributed by atoms with van der Waals surface area (Å²) in [5.74, 6) is 1.11. The molecule has 2 heteroatoms. The summed E-state index contributed by atoms with van der Waals surface area (Å²) in [6.45, 7) is 13.9. The lowest BCUT2D eigenvalue weighted by atomic mass is 9.93. The van der Waals surface area contributed by atoms with E-state index in [9.17, 15) is 0 Å². The minimum absolute atomic E-state index is 0.578. The van der Waals surface area contributed by atoms with Gasteiger partial charge in [-0.05, 0) is 54.9 Å². The first-order valence-electron chi connectivity index (χ1n) is 11.4. The highest BCUT2D eigenvalue weighted by molar-refractivity contribution is 6.65. The van der Waals surface area contributed by atoms with Crippen LogP contribution in [0.3, 0.4) is 0 Å². The summed E-state index contributed by atoms with van der Waals surface area (Å²) >= 11 is 0. The molecule has 0 aliphatic heterocycles. The van der Waals surface area contributed by atoms with Gasteiger partial charge in [-0.3, -0.25) is 0 Å². The second-order valence-electron chi connectivity index (χ2n) is 8.35. The Balaban J connectivity index is 2.51. The van der Waals surface area contributed by atoms with E-state index in [1.54, 1.807) is 5.20 Å². The molecule has 0 saturated carbocycles. The Morgan fingerprint density at radius 2 is 1.75 bits per heavy atom. The van der Waals surface area contributed by atoms with Gasteiger partial charge in [-0.1, -0.05) is 88.7 Å². The third-order valence-electron chi connectivity index (χ3n) is 5.65. The van der Waals surface area contributed by atoms with Crippen molar-refractivity contribution in [2.45, 2.75) is 84.7 Å². The van der Waals surface area contributed by atoms with Gasteiger partial charge in [0.25, 0.3) is 0 Å². The van der Waals surface area contributed by atoms with Crippen molar-refractivity contribution in [3.05, 3.63) is 58.8 Å². The van der Waals surface area contributed by atoms with Gasteiger partial charge in [0, 0.05) is 5.56 Å². The molecule has 1 aromatic rings. The van der Waals surface area contributed by atoms with Gasteiger partial charge in [0.2, 0.25) is 0 Å². The molecule has 0 atom stereocenters. The van der Waals surface area contributed by atoms with Crippen LogP contribution in [0.1, 0.15) is 75.5 Å². The maximum Gasteiger partial charge on any atom is 0.130 e. The standard InChI is InChI=1S/C26H40OSi/c1-6-9-11-14-21-19-22(15-12-10-7-2)26(27-18-8-3)24(20-21)23-16-13-17-25(23)28(4)5/h8,13,16,19-20,28H,3,6-7,9-12,14-15,17-18H2,1-2,4-5H3. The summed E-state index contributed by atoms with van der Waals surface area (Å²) in [5.41, 5.74) is 5.68. The zero-order chi connectivity index (χ0) is 20.4. The van der Waals surface area contributed by atoms with Crippen molar-refractivity contribution in [1.29, 1.82) is 0 Å². The maximum atomic E-state index is 6.30. The lowest BCUT2D eigenvalue weighted by molar-refractivity contribution is 0.357. The topological polar surface area (TPSA) is 9.23 Å². The molecule has 1 aliphatic carbocycles. The van der Waals surface area contributed by atoms with E-state index in [-0.39, 0.29) is 0 Å². The van der Waals surface area contributed by atoms with Crippen molar-refractivity contribution in [1.82, 2.24) is 0 Å². The predicted octanol–water partition coefficient (Wildman–Crippen LogP) is 7.46. The fourth-order valence-corrected chi connectivity index (χ4v) is 5.55. The van der Waals surface area contributed by atoms with Gasteiger partial charge in [0.15, 0.2) is 0 Å². The van der Waals surface area contributed by atoms with Crippen LogP contribution in [0, 0.1) is 0 Å². The molecule has 0 N–H and O–H groups in total. The summed E-state index contributed by atoms with van der Waals surface area (Å²) in [5, 5.41) is 1.67. The van der Waals surface area contributed by atoms with E-state index in [2.05, 4.69) is 57.8 Å². The molecule has 0 spiro atoms. The molecule has 0 heterocycles. The molecule has 2 rings (SSSR count). The normalized spacial score (nSPS) is 13.6. The number of aryl methyl sites for hydroxylation is 2. The molecule has 0 bridgehead atoms. The highest BCUT2D eigenvalue weighted by Crippen LogP contribution is 2.39. The number of hydrogen-bond donors (Lipinski definition) is 0. The first-order chi connectivity index (χ1) is 13.6. The Bertz CT molecular complexity index is 697. The van der Waals surface area contributed by atoms with Crippen molar-refractivity contribution in [2.24, 2.45) is 0 Å². The number of benzene rings is 1. The van der Waals surface area contributed by atoms with E-state index in [1.807, 2.05) is 6.08 Å². The van der Waals surface area contributed by atoms with Crippen molar-refractivity contribution >= 4 is 14.4 Å². The number of unbranched alkanes of at least 4 members (excludes halogenated alkanes) is 4. The molecule has 1 aromatic carbocycles. The summed E-state index contributed by atoms with van der Waals surface area (Å²) in [7, 11) is -0.843. The van der Waals surface area contributed by atoms with Gasteiger partial charge in [0.1, 0.15) is 12.4 Å². The molecule has 154 valence electrons. The van der Waals surface area contributed by atoms with Crippen LogP contribution in [0.5, 0.6) is 5.75 Å². The minimum atomic E-state index is -0.843. The number of rotatable bonds is 13. The molecule has 0 fully saturated rings. The quantitative estimate of drug-likeness (QED) is 0.191. The molecular formula is C26H40OSi. The van der Waals surface area contributed by atoms with Crippen LogP contribution >= 0.6 is 0 Å². The number of allylic oxidation sites excluding steroid dienone is 4. The van der Waals surface area contributed by atoms with Crippen molar-refractivity contribution in [3.63, 3.8) is 0 Å². The summed E-state index contributed by atoms with van der Waals surface area (Å²) in [6, 6.07) is 4.86. The Hall–Kier alpha value is -1.54.